The largest absolute Gasteiger partial charge is 0.507 e. The van der Waals surface area contributed by atoms with Crippen molar-refractivity contribution in [2.45, 2.75) is 58.2 Å². The second-order valence-electron chi connectivity index (χ2n) is 9.85. The molecule has 186 valence electrons. The van der Waals surface area contributed by atoms with Gasteiger partial charge in [0.15, 0.2) is 11.6 Å². The molecule has 1 aromatic carbocycles. The highest BCUT2D eigenvalue weighted by Crippen LogP contribution is 2.43. The number of hydrogen-bond donors (Lipinski definition) is 1. The van der Waals surface area contributed by atoms with Crippen LogP contribution in [0.2, 0.25) is 0 Å². The number of aromatic hydroxyl groups is 1. The summed E-state index contributed by atoms with van der Waals surface area (Å²) in [6.45, 7) is 4.38. The highest BCUT2D eigenvalue weighted by Gasteiger charge is 2.39. The predicted octanol–water partition coefficient (Wildman–Crippen LogP) is 4.88. The Kier molecular flexibility index (Phi) is 6.87. The van der Waals surface area contributed by atoms with Gasteiger partial charge in [-0.2, -0.15) is 0 Å². The Morgan fingerprint density at radius 1 is 1.26 bits per heavy atom. The topological polar surface area (TPSA) is 84.1 Å². The van der Waals surface area contributed by atoms with Crippen LogP contribution >= 0.6 is 0 Å². The number of aryl methyl sites for hydroxylation is 1. The minimum atomic E-state index is -0.946. The molecule has 0 spiro atoms. The zero-order valence-electron chi connectivity index (χ0n) is 20.5. The maximum Gasteiger partial charge on any atom is 0.251 e. The van der Waals surface area contributed by atoms with Gasteiger partial charge >= 0.3 is 0 Å². The van der Waals surface area contributed by atoms with Gasteiger partial charge in [0, 0.05) is 31.9 Å². The summed E-state index contributed by atoms with van der Waals surface area (Å²) < 4.78 is 30.3. The van der Waals surface area contributed by atoms with Crippen LogP contribution in [0.3, 0.4) is 0 Å². The summed E-state index contributed by atoms with van der Waals surface area (Å²) in [5, 5.41) is 19.0. The van der Waals surface area contributed by atoms with E-state index in [0.717, 1.165) is 36.4 Å². The summed E-state index contributed by atoms with van der Waals surface area (Å²) in [4.78, 5) is 18.1. The summed E-state index contributed by atoms with van der Waals surface area (Å²) in [5.74, 6) is -0.0993. The maximum atomic E-state index is 14.8. The number of hydrogen-bond acceptors (Lipinski definition) is 6. The van der Waals surface area contributed by atoms with E-state index in [1.165, 1.54) is 25.4 Å². The van der Waals surface area contributed by atoms with Gasteiger partial charge in [-0.25, -0.2) is 13.8 Å². The van der Waals surface area contributed by atoms with E-state index in [0.29, 0.717) is 23.4 Å². The Morgan fingerprint density at radius 3 is 2.69 bits per heavy atom. The number of rotatable bonds is 6. The van der Waals surface area contributed by atoms with Crippen LogP contribution in [0.5, 0.6) is 5.75 Å². The number of benzene rings is 1. The first-order valence-electron chi connectivity index (χ1n) is 11.9. The van der Waals surface area contributed by atoms with Crippen molar-refractivity contribution in [1.29, 1.82) is 0 Å². The second kappa shape index (κ2) is 9.71. The lowest BCUT2D eigenvalue weighted by Gasteiger charge is -2.43. The number of halogens is 2. The number of anilines is 1. The Hall–Kier alpha value is -3.36. The first-order chi connectivity index (χ1) is 16.6. The third-order valence-corrected chi connectivity index (χ3v) is 7.13. The number of aromatic nitrogens is 4. The molecule has 1 aliphatic carbocycles. The lowest BCUT2D eigenvalue weighted by atomic mass is 9.70. The fourth-order valence-corrected chi connectivity index (χ4v) is 5.05. The van der Waals surface area contributed by atoms with Gasteiger partial charge in [0.1, 0.15) is 17.7 Å². The van der Waals surface area contributed by atoms with E-state index in [2.05, 4.69) is 29.0 Å². The van der Waals surface area contributed by atoms with Gasteiger partial charge in [-0.3, -0.25) is 4.79 Å². The summed E-state index contributed by atoms with van der Waals surface area (Å²) in [7, 11) is 3.28. The first-order valence-corrected chi connectivity index (χ1v) is 11.9. The van der Waals surface area contributed by atoms with Crippen LogP contribution in [0.1, 0.15) is 46.0 Å². The molecule has 0 radical (unpaired) electrons. The summed E-state index contributed by atoms with van der Waals surface area (Å²) in [6, 6.07) is 5.38. The van der Waals surface area contributed by atoms with Gasteiger partial charge < -0.3 is 14.6 Å². The highest BCUT2D eigenvalue weighted by atomic mass is 19.1. The minimum absolute atomic E-state index is 0.0919. The van der Waals surface area contributed by atoms with Crippen molar-refractivity contribution in [2.24, 2.45) is 12.5 Å². The molecule has 0 unspecified atom stereocenters. The van der Waals surface area contributed by atoms with E-state index in [1.807, 2.05) is 11.9 Å². The van der Waals surface area contributed by atoms with Crippen LogP contribution in [0.25, 0.3) is 22.5 Å². The zero-order chi connectivity index (χ0) is 25.3. The molecule has 1 saturated carbocycles. The Bertz CT molecular complexity index is 1260. The smallest absolute Gasteiger partial charge is 0.251 e. The van der Waals surface area contributed by atoms with Gasteiger partial charge in [-0.15, -0.1) is 10.2 Å². The van der Waals surface area contributed by atoms with Crippen molar-refractivity contribution >= 4 is 5.82 Å². The van der Waals surface area contributed by atoms with Gasteiger partial charge in [-0.1, -0.05) is 26.3 Å². The van der Waals surface area contributed by atoms with Gasteiger partial charge in [0.05, 0.1) is 17.8 Å². The van der Waals surface area contributed by atoms with Crippen LogP contribution in [0, 0.1) is 11.2 Å². The van der Waals surface area contributed by atoms with Crippen molar-refractivity contribution in [2.75, 3.05) is 11.9 Å². The SMILES string of the molecule is CCC[C@]1(C)CC[C@H](F)[C@H](N(C)c2cnc(-c3ccc(-c4cc(=O)n(C)cc4F)cc3O)nn2)C1. The molecule has 1 N–H and O–H groups in total. The third-order valence-electron chi connectivity index (χ3n) is 7.13. The van der Waals surface area contributed by atoms with E-state index in [4.69, 9.17) is 0 Å². The van der Waals surface area contributed by atoms with Crippen LogP contribution in [-0.2, 0) is 7.05 Å². The number of pyridine rings is 1. The molecule has 9 heteroatoms. The Labute approximate surface area is 203 Å². The molecule has 1 aliphatic rings. The van der Waals surface area contributed by atoms with Gasteiger partial charge in [0.25, 0.3) is 5.56 Å². The normalized spacial score (nSPS) is 22.2. The summed E-state index contributed by atoms with van der Waals surface area (Å²) in [5.41, 5.74) is 0.506. The summed E-state index contributed by atoms with van der Waals surface area (Å²) >= 11 is 0. The molecule has 1 fully saturated rings. The minimum Gasteiger partial charge on any atom is -0.507 e. The van der Waals surface area contributed by atoms with E-state index in [9.17, 15) is 18.7 Å². The Morgan fingerprint density at radius 2 is 2.03 bits per heavy atom. The molecule has 4 rings (SSSR count). The zero-order valence-corrected chi connectivity index (χ0v) is 20.5. The monoisotopic (exact) mass is 483 g/mol. The number of nitrogens with zero attached hydrogens (tertiary/aromatic N) is 5. The van der Waals surface area contributed by atoms with Crippen molar-refractivity contribution in [3.8, 4) is 28.3 Å². The molecule has 0 aliphatic heterocycles. The lowest BCUT2D eigenvalue weighted by Crippen LogP contribution is -2.47. The number of alkyl halides is 1. The molecule has 7 nitrogen and oxygen atoms in total. The van der Waals surface area contributed by atoms with Crippen molar-refractivity contribution in [3.05, 3.63) is 52.8 Å². The molecule has 35 heavy (non-hydrogen) atoms. The van der Waals surface area contributed by atoms with Crippen LogP contribution in [-0.4, -0.2) is 44.1 Å². The molecule has 2 aromatic heterocycles. The molecular weight excluding hydrogens is 452 g/mol. The second-order valence-corrected chi connectivity index (χ2v) is 9.85. The Balaban J connectivity index is 1.56. The van der Waals surface area contributed by atoms with E-state index in [1.54, 1.807) is 12.1 Å². The van der Waals surface area contributed by atoms with Crippen molar-refractivity contribution in [1.82, 2.24) is 19.7 Å². The van der Waals surface area contributed by atoms with Gasteiger partial charge in [-0.05, 0) is 48.8 Å². The number of phenolic OH excluding ortho intramolecular Hbond substituents is 1. The predicted molar refractivity (Wildman–Crippen MR) is 132 cm³/mol. The molecule has 0 saturated heterocycles. The quantitative estimate of drug-likeness (QED) is 0.538. The van der Waals surface area contributed by atoms with Crippen molar-refractivity contribution < 1.29 is 13.9 Å². The molecule has 3 atom stereocenters. The average molecular weight is 484 g/mol. The first kappa shape index (κ1) is 24.8. The standard InChI is InChI=1S/C26H31F2N5O2/c1-5-9-26(2)10-8-19(27)21(13-26)33(4)23-14-29-25(31-30-23)17-7-6-16(11-22(17)34)18-12-24(35)32(3)15-20(18)28/h6-7,11-12,14-15,19,21,34H,5,8-10,13H2,1-4H3/t19-,21+,26+/m0/s1. The fourth-order valence-electron chi connectivity index (χ4n) is 5.05. The van der Waals surface area contributed by atoms with E-state index >= 15 is 0 Å². The van der Waals surface area contributed by atoms with E-state index in [-0.39, 0.29) is 34.2 Å². The van der Waals surface area contributed by atoms with Crippen LogP contribution in [0.4, 0.5) is 14.6 Å². The van der Waals surface area contributed by atoms with Gasteiger partial charge in [0.2, 0.25) is 0 Å². The van der Waals surface area contributed by atoms with Crippen molar-refractivity contribution in [3.63, 3.8) is 0 Å². The molecule has 3 aromatic rings. The fraction of sp³-hybridized carbons (Fsp3) is 0.462. The molecule has 0 bridgehead atoms. The molecular formula is C26H31F2N5O2. The molecule has 0 amide bonds. The maximum absolute atomic E-state index is 14.8. The average Bonchev–Trinajstić information content (AvgIpc) is 2.83. The summed E-state index contributed by atoms with van der Waals surface area (Å²) in [6.07, 6.45) is 5.95. The third kappa shape index (κ3) is 5.04. The van der Waals surface area contributed by atoms with E-state index < -0.39 is 12.0 Å². The lowest BCUT2D eigenvalue weighted by molar-refractivity contribution is 0.102. The highest BCUT2D eigenvalue weighted by molar-refractivity contribution is 5.73. The number of phenols is 1. The molecule has 2 heterocycles. The van der Waals surface area contributed by atoms with Crippen LogP contribution in [0.15, 0.2) is 41.5 Å². The van der Waals surface area contributed by atoms with Crippen LogP contribution < -0.4 is 10.5 Å².